The lowest BCUT2D eigenvalue weighted by molar-refractivity contribution is 0.0898. The van der Waals surface area contributed by atoms with Crippen LogP contribution in [0.3, 0.4) is 0 Å². The average molecular weight is 246 g/mol. The van der Waals surface area contributed by atoms with Crippen LogP contribution in [0.2, 0.25) is 0 Å². The van der Waals surface area contributed by atoms with Gasteiger partial charge < -0.3 is 4.74 Å². The molecule has 0 fully saturated rings. The van der Waals surface area contributed by atoms with E-state index in [1.165, 1.54) is 11.1 Å². The maximum absolute atomic E-state index is 12.3. The van der Waals surface area contributed by atoms with E-state index in [0.717, 1.165) is 30.6 Å². The molecule has 98 valence electrons. The standard InChI is InChI=1S/C16H22O2/c1-5-11-6-7-12-8-13(10(2)3)15(18-4)9-14(12)16(11)17/h8-11H,5-7H2,1-4H3. The largest absolute Gasteiger partial charge is 0.496 e. The van der Waals surface area contributed by atoms with Crippen molar-refractivity contribution in [3.63, 3.8) is 0 Å². The van der Waals surface area contributed by atoms with Crippen LogP contribution in [0.1, 0.15) is 61.0 Å². The van der Waals surface area contributed by atoms with Gasteiger partial charge in [-0.3, -0.25) is 4.79 Å². The van der Waals surface area contributed by atoms with Gasteiger partial charge in [0.2, 0.25) is 0 Å². The molecule has 0 N–H and O–H groups in total. The number of carbonyl (C=O) groups excluding carboxylic acids is 1. The quantitative estimate of drug-likeness (QED) is 0.806. The maximum atomic E-state index is 12.3. The number of Topliss-reactive ketones (excluding diaryl/α,β-unsaturated/α-hetero) is 1. The van der Waals surface area contributed by atoms with Crippen LogP contribution in [0.25, 0.3) is 0 Å². The first-order chi connectivity index (χ1) is 8.58. The predicted molar refractivity (Wildman–Crippen MR) is 73.5 cm³/mol. The van der Waals surface area contributed by atoms with Gasteiger partial charge in [0.25, 0.3) is 0 Å². The zero-order chi connectivity index (χ0) is 13.3. The van der Waals surface area contributed by atoms with Crippen LogP contribution >= 0.6 is 0 Å². The molecule has 0 radical (unpaired) electrons. The number of rotatable bonds is 3. The monoisotopic (exact) mass is 246 g/mol. The topological polar surface area (TPSA) is 26.3 Å². The Morgan fingerprint density at radius 2 is 2.11 bits per heavy atom. The Hall–Kier alpha value is -1.31. The molecule has 2 heteroatoms. The summed E-state index contributed by atoms with van der Waals surface area (Å²) in [6.07, 6.45) is 2.95. The van der Waals surface area contributed by atoms with Gasteiger partial charge in [0.05, 0.1) is 7.11 Å². The second kappa shape index (κ2) is 5.13. The molecule has 1 aromatic carbocycles. The first-order valence-corrected chi connectivity index (χ1v) is 6.83. The Morgan fingerprint density at radius 1 is 1.39 bits per heavy atom. The predicted octanol–water partition coefficient (Wildman–Crippen LogP) is 3.97. The van der Waals surface area contributed by atoms with E-state index in [1.54, 1.807) is 7.11 Å². The fourth-order valence-corrected chi connectivity index (χ4v) is 2.78. The van der Waals surface area contributed by atoms with Crippen LogP contribution in [0.4, 0.5) is 0 Å². The number of aryl methyl sites for hydroxylation is 1. The second-order valence-electron chi connectivity index (χ2n) is 5.41. The number of carbonyl (C=O) groups is 1. The SMILES string of the molecule is CCC1CCc2cc(C(C)C)c(OC)cc2C1=O. The van der Waals surface area contributed by atoms with Gasteiger partial charge in [-0.1, -0.05) is 26.8 Å². The number of hydrogen-bond acceptors (Lipinski definition) is 2. The van der Waals surface area contributed by atoms with Crippen molar-refractivity contribution in [1.29, 1.82) is 0 Å². The van der Waals surface area contributed by atoms with Gasteiger partial charge in [-0.2, -0.15) is 0 Å². The molecule has 0 saturated carbocycles. The summed E-state index contributed by atoms with van der Waals surface area (Å²) in [5, 5.41) is 0. The van der Waals surface area contributed by atoms with E-state index in [-0.39, 0.29) is 5.92 Å². The average Bonchev–Trinajstić information content (AvgIpc) is 2.38. The van der Waals surface area contributed by atoms with Gasteiger partial charge in [-0.15, -0.1) is 0 Å². The molecule has 1 aliphatic rings. The summed E-state index contributed by atoms with van der Waals surface area (Å²) in [6, 6.07) is 4.12. The molecule has 0 spiro atoms. The van der Waals surface area contributed by atoms with Crippen molar-refractivity contribution in [2.24, 2.45) is 5.92 Å². The minimum atomic E-state index is 0.201. The lowest BCUT2D eigenvalue weighted by Crippen LogP contribution is -2.22. The summed E-state index contributed by atoms with van der Waals surface area (Å²) in [5.74, 6) is 1.78. The molecule has 0 saturated heterocycles. The molecule has 0 aromatic heterocycles. The van der Waals surface area contributed by atoms with Crippen LogP contribution in [0.15, 0.2) is 12.1 Å². The van der Waals surface area contributed by atoms with E-state index < -0.39 is 0 Å². The lowest BCUT2D eigenvalue weighted by atomic mass is 9.80. The molecule has 0 amide bonds. The maximum Gasteiger partial charge on any atom is 0.166 e. The minimum Gasteiger partial charge on any atom is -0.496 e. The molecule has 0 bridgehead atoms. The van der Waals surface area contributed by atoms with Crippen molar-refractivity contribution >= 4 is 5.78 Å². The number of methoxy groups -OCH3 is 1. The van der Waals surface area contributed by atoms with Crippen molar-refractivity contribution in [3.05, 3.63) is 28.8 Å². The summed E-state index contributed by atoms with van der Waals surface area (Å²) in [6.45, 7) is 6.40. The van der Waals surface area contributed by atoms with Gasteiger partial charge in [0, 0.05) is 11.5 Å². The number of hydrogen-bond donors (Lipinski definition) is 0. The van der Waals surface area contributed by atoms with Crippen LogP contribution in [-0.2, 0) is 6.42 Å². The highest BCUT2D eigenvalue weighted by Gasteiger charge is 2.27. The van der Waals surface area contributed by atoms with E-state index >= 15 is 0 Å². The van der Waals surface area contributed by atoms with Gasteiger partial charge in [0.1, 0.15) is 5.75 Å². The Labute approximate surface area is 109 Å². The van der Waals surface area contributed by atoms with Crippen LogP contribution in [-0.4, -0.2) is 12.9 Å². The first-order valence-electron chi connectivity index (χ1n) is 6.83. The second-order valence-corrected chi connectivity index (χ2v) is 5.41. The highest BCUT2D eigenvalue weighted by molar-refractivity contribution is 6.00. The number of ether oxygens (including phenoxy) is 1. The molecule has 1 atom stereocenters. The molecular weight excluding hydrogens is 224 g/mol. The molecule has 1 aromatic rings. The fraction of sp³-hybridized carbons (Fsp3) is 0.562. The Balaban J connectivity index is 2.49. The molecular formula is C16H22O2. The van der Waals surface area contributed by atoms with Crippen molar-refractivity contribution in [1.82, 2.24) is 0 Å². The number of ketones is 1. The molecule has 2 nitrogen and oxygen atoms in total. The molecule has 18 heavy (non-hydrogen) atoms. The lowest BCUT2D eigenvalue weighted by Gasteiger charge is -2.24. The van der Waals surface area contributed by atoms with Crippen LogP contribution < -0.4 is 4.74 Å². The third-order valence-electron chi connectivity index (χ3n) is 3.97. The Kier molecular flexibility index (Phi) is 3.74. The normalized spacial score (nSPS) is 18.9. The van der Waals surface area contributed by atoms with E-state index in [1.807, 2.05) is 6.07 Å². The van der Waals surface area contributed by atoms with Gasteiger partial charge in [-0.05, 0) is 42.4 Å². The fourth-order valence-electron chi connectivity index (χ4n) is 2.78. The first kappa shape index (κ1) is 13.1. The summed E-state index contributed by atoms with van der Waals surface area (Å²) in [5.41, 5.74) is 3.29. The number of benzene rings is 1. The third kappa shape index (κ3) is 2.16. The molecule has 1 unspecified atom stereocenters. The molecule has 1 aliphatic carbocycles. The summed E-state index contributed by atoms with van der Waals surface area (Å²) in [7, 11) is 1.68. The van der Waals surface area contributed by atoms with Gasteiger partial charge in [-0.25, -0.2) is 0 Å². The van der Waals surface area contributed by atoms with E-state index in [0.29, 0.717) is 11.7 Å². The van der Waals surface area contributed by atoms with Crippen LogP contribution in [0.5, 0.6) is 5.75 Å². The van der Waals surface area contributed by atoms with E-state index in [9.17, 15) is 4.79 Å². The third-order valence-corrected chi connectivity index (χ3v) is 3.97. The summed E-state index contributed by atoms with van der Waals surface area (Å²) >= 11 is 0. The zero-order valence-corrected chi connectivity index (χ0v) is 11.7. The minimum absolute atomic E-state index is 0.201. The van der Waals surface area contributed by atoms with Crippen molar-refractivity contribution < 1.29 is 9.53 Å². The molecule has 0 heterocycles. The smallest absolute Gasteiger partial charge is 0.166 e. The van der Waals surface area contributed by atoms with Gasteiger partial charge in [0.15, 0.2) is 5.78 Å². The van der Waals surface area contributed by atoms with Gasteiger partial charge >= 0.3 is 0 Å². The van der Waals surface area contributed by atoms with Crippen molar-refractivity contribution in [2.45, 2.75) is 46.0 Å². The van der Waals surface area contributed by atoms with Crippen molar-refractivity contribution in [2.75, 3.05) is 7.11 Å². The van der Waals surface area contributed by atoms with Crippen molar-refractivity contribution in [3.8, 4) is 5.75 Å². The summed E-state index contributed by atoms with van der Waals surface area (Å²) in [4.78, 5) is 12.3. The Bertz CT molecular complexity index is 460. The van der Waals surface area contributed by atoms with Crippen LogP contribution in [0, 0.1) is 5.92 Å². The number of fused-ring (bicyclic) bond motifs is 1. The zero-order valence-electron chi connectivity index (χ0n) is 11.7. The highest BCUT2D eigenvalue weighted by atomic mass is 16.5. The highest BCUT2D eigenvalue weighted by Crippen LogP contribution is 2.35. The Morgan fingerprint density at radius 3 is 2.67 bits per heavy atom. The van der Waals surface area contributed by atoms with E-state index in [4.69, 9.17) is 4.74 Å². The molecule has 2 rings (SSSR count). The summed E-state index contributed by atoms with van der Waals surface area (Å²) < 4.78 is 5.44. The van der Waals surface area contributed by atoms with E-state index in [2.05, 4.69) is 26.8 Å². The molecule has 0 aliphatic heterocycles.